The van der Waals surface area contributed by atoms with Crippen molar-refractivity contribution in [1.29, 1.82) is 0 Å². The van der Waals surface area contributed by atoms with Crippen LogP contribution in [0.5, 0.6) is 0 Å². The fourth-order valence-corrected chi connectivity index (χ4v) is 9.39. The van der Waals surface area contributed by atoms with Crippen LogP contribution in [0, 0.1) is 14.3 Å². The molecule has 0 bridgehead atoms. The molecule has 2 aliphatic rings. The second-order valence-electron chi connectivity index (χ2n) is 12.2. The van der Waals surface area contributed by atoms with Crippen LogP contribution in [0.2, 0.25) is 0 Å². The summed E-state index contributed by atoms with van der Waals surface area (Å²) in [6.07, 6.45) is 0. The second-order valence-corrected chi connectivity index (χ2v) is 16.5. The first-order valence-electron chi connectivity index (χ1n) is 15.7. The molecule has 4 amide bonds. The Morgan fingerprint density at radius 1 is 0.346 bits per heavy atom. The molecular formula is C40H22I4N4O4. The van der Waals surface area contributed by atoms with Crippen LogP contribution in [-0.2, 0) is 0 Å². The summed E-state index contributed by atoms with van der Waals surface area (Å²) in [6, 6.07) is 32.7. The number of imide groups is 2. The van der Waals surface area contributed by atoms with Crippen molar-refractivity contribution < 1.29 is 19.2 Å². The van der Waals surface area contributed by atoms with E-state index in [4.69, 9.17) is 11.5 Å². The molecule has 52 heavy (non-hydrogen) atoms. The van der Waals surface area contributed by atoms with Gasteiger partial charge in [0.1, 0.15) is 0 Å². The molecule has 6 aromatic rings. The van der Waals surface area contributed by atoms with Crippen LogP contribution in [0.15, 0.2) is 109 Å². The number of nitrogens with zero attached hydrogens (tertiary/aromatic N) is 2. The lowest BCUT2D eigenvalue weighted by atomic mass is 10.00. The molecule has 0 saturated heterocycles. The number of halogens is 4. The highest BCUT2D eigenvalue weighted by Gasteiger charge is 2.40. The molecule has 0 saturated carbocycles. The molecule has 0 spiro atoms. The minimum atomic E-state index is -0.381. The zero-order chi connectivity index (χ0) is 36.6. The number of hydrogen-bond acceptors (Lipinski definition) is 6. The van der Waals surface area contributed by atoms with Gasteiger partial charge in [0.15, 0.2) is 0 Å². The third-order valence-electron chi connectivity index (χ3n) is 9.16. The van der Waals surface area contributed by atoms with Gasteiger partial charge in [0, 0.05) is 18.5 Å². The van der Waals surface area contributed by atoms with Gasteiger partial charge in [-0.15, -0.1) is 0 Å². The molecule has 2 aliphatic heterocycles. The number of carbonyl (C=O) groups excluding carboxylic acids is 4. The van der Waals surface area contributed by atoms with Crippen molar-refractivity contribution in [2.45, 2.75) is 0 Å². The summed E-state index contributed by atoms with van der Waals surface area (Å²) in [5.74, 6) is -1.51. The van der Waals surface area contributed by atoms with Crippen molar-refractivity contribution in [3.05, 3.63) is 146 Å². The summed E-state index contributed by atoms with van der Waals surface area (Å²) in [6.45, 7) is 0. The Hall–Kier alpha value is -3.88. The minimum Gasteiger partial charge on any atom is -0.399 e. The van der Waals surface area contributed by atoms with Crippen molar-refractivity contribution in [3.63, 3.8) is 0 Å². The van der Waals surface area contributed by atoms with Crippen molar-refractivity contribution in [2.24, 2.45) is 0 Å². The maximum atomic E-state index is 13.8. The number of benzene rings is 6. The van der Waals surface area contributed by atoms with Gasteiger partial charge in [-0.2, -0.15) is 0 Å². The molecule has 8 rings (SSSR count). The normalized spacial score (nSPS) is 13.6. The highest BCUT2D eigenvalue weighted by molar-refractivity contribution is 14.1. The first-order chi connectivity index (χ1) is 24.9. The monoisotopic (exact) mass is 1130 g/mol. The largest absolute Gasteiger partial charge is 0.399 e. The maximum absolute atomic E-state index is 13.8. The Kier molecular flexibility index (Phi) is 9.14. The summed E-state index contributed by atoms with van der Waals surface area (Å²) in [5, 5.41) is 0. The molecule has 254 valence electrons. The minimum absolute atomic E-state index is 0.350. The summed E-state index contributed by atoms with van der Waals surface area (Å²) in [5.41, 5.74) is 20.6. The molecule has 0 unspecified atom stereocenters. The van der Waals surface area contributed by atoms with Crippen LogP contribution in [0.4, 0.5) is 22.7 Å². The maximum Gasteiger partial charge on any atom is 0.266 e. The number of anilines is 4. The first-order valence-corrected chi connectivity index (χ1v) is 20.0. The predicted octanol–water partition coefficient (Wildman–Crippen LogP) is 9.87. The SMILES string of the molecule is Nc1ccc(-c2ccc3c(c2)C(=O)N(c2ccc(-c4ccc(N5C(=O)c6ccc(-c7ccc(N)cc7)cc6C5=O)c(I)c4I)c(I)c2I)C3=O)cc1. The average Bonchev–Trinajstić information content (AvgIpc) is 3.54. The zero-order valence-electron chi connectivity index (χ0n) is 26.6. The smallest absolute Gasteiger partial charge is 0.266 e. The number of amides is 4. The quantitative estimate of drug-likeness (QED) is 0.101. The molecule has 2 heterocycles. The van der Waals surface area contributed by atoms with E-state index in [2.05, 4.69) is 90.4 Å². The fraction of sp³-hybridized carbons (Fsp3) is 0. The summed E-state index contributed by atoms with van der Waals surface area (Å²) in [4.78, 5) is 57.3. The molecule has 4 N–H and O–H groups in total. The Balaban J connectivity index is 1.10. The Labute approximate surface area is 352 Å². The summed E-state index contributed by atoms with van der Waals surface area (Å²) < 4.78 is 3.20. The highest BCUT2D eigenvalue weighted by Crippen LogP contribution is 2.43. The van der Waals surface area contributed by atoms with E-state index >= 15 is 0 Å². The fourth-order valence-electron chi connectivity index (χ4n) is 6.47. The third-order valence-corrected chi connectivity index (χ3v) is 15.6. The molecule has 0 atom stereocenters. The molecular weight excluding hydrogens is 1110 g/mol. The van der Waals surface area contributed by atoms with Crippen molar-refractivity contribution in [2.75, 3.05) is 21.3 Å². The second kappa shape index (κ2) is 13.5. The molecule has 0 fully saturated rings. The number of fused-ring (bicyclic) bond motifs is 2. The van der Waals surface area contributed by atoms with Crippen LogP contribution in [0.1, 0.15) is 41.4 Å². The number of rotatable bonds is 5. The lowest BCUT2D eigenvalue weighted by Gasteiger charge is -2.21. The average molecular weight is 1130 g/mol. The Bertz CT molecular complexity index is 2390. The van der Waals surface area contributed by atoms with E-state index in [1.807, 2.05) is 48.5 Å². The topological polar surface area (TPSA) is 127 Å². The number of hydrogen-bond donors (Lipinski definition) is 2. The van der Waals surface area contributed by atoms with E-state index in [9.17, 15) is 19.2 Å². The van der Waals surface area contributed by atoms with Crippen LogP contribution in [0.25, 0.3) is 33.4 Å². The zero-order valence-corrected chi connectivity index (χ0v) is 35.2. The number of nitrogen functional groups attached to an aromatic ring is 2. The van der Waals surface area contributed by atoms with E-state index < -0.39 is 0 Å². The van der Waals surface area contributed by atoms with E-state index in [-0.39, 0.29) is 23.6 Å². The van der Waals surface area contributed by atoms with E-state index in [0.29, 0.717) is 45.0 Å². The van der Waals surface area contributed by atoms with E-state index in [0.717, 1.165) is 47.7 Å². The Morgan fingerprint density at radius 2 is 0.654 bits per heavy atom. The number of carbonyl (C=O) groups is 4. The van der Waals surface area contributed by atoms with Crippen molar-refractivity contribution >= 4 is 137 Å². The van der Waals surface area contributed by atoms with Crippen molar-refractivity contribution in [3.8, 4) is 33.4 Å². The van der Waals surface area contributed by atoms with Crippen LogP contribution < -0.4 is 21.3 Å². The molecule has 6 aromatic carbocycles. The van der Waals surface area contributed by atoms with Gasteiger partial charge in [0.05, 0.1) is 40.8 Å². The van der Waals surface area contributed by atoms with Crippen molar-refractivity contribution in [1.82, 2.24) is 0 Å². The number of nitrogens with two attached hydrogens (primary N) is 2. The van der Waals surface area contributed by atoms with Crippen LogP contribution in [0.3, 0.4) is 0 Å². The molecule has 0 aliphatic carbocycles. The molecule has 0 aromatic heterocycles. The Morgan fingerprint density at radius 3 is 1.02 bits per heavy atom. The van der Waals surface area contributed by atoms with Gasteiger partial charge in [-0.05, 0) is 184 Å². The van der Waals surface area contributed by atoms with Gasteiger partial charge in [-0.25, -0.2) is 9.80 Å². The van der Waals surface area contributed by atoms with Gasteiger partial charge in [-0.1, -0.05) is 48.5 Å². The third kappa shape index (κ3) is 5.72. The first kappa shape index (κ1) is 35.2. The van der Waals surface area contributed by atoms with Gasteiger partial charge >= 0.3 is 0 Å². The molecule has 12 heteroatoms. The van der Waals surface area contributed by atoms with E-state index in [1.54, 1.807) is 60.7 Å². The molecule has 0 radical (unpaired) electrons. The van der Waals surface area contributed by atoms with E-state index in [1.165, 1.54) is 9.80 Å². The summed E-state index contributed by atoms with van der Waals surface area (Å²) in [7, 11) is 0. The lowest BCUT2D eigenvalue weighted by Crippen LogP contribution is -2.30. The van der Waals surface area contributed by atoms with Crippen LogP contribution >= 0.6 is 90.4 Å². The molecule has 8 nitrogen and oxygen atoms in total. The van der Waals surface area contributed by atoms with Gasteiger partial charge in [0.25, 0.3) is 23.6 Å². The lowest BCUT2D eigenvalue weighted by molar-refractivity contribution is 0.0910. The van der Waals surface area contributed by atoms with Crippen LogP contribution in [-0.4, -0.2) is 23.6 Å². The van der Waals surface area contributed by atoms with Gasteiger partial charge < -0.3 is 11.5 Å². The van der Waals surface area contributed by atoms with Gasteiger partial charge in [0.2, 0.25) is 0 Å². The van der Waals surface area contributed by atoms with Gasteiger partial charge in [-0.3, -0.25) is 19.2 Å². The predicted molar refractivity (Wildman–Crippen MR) is 238 cm³/mol. The standard InChI is InChI=1S/C40H22I4N4O4/c41-33-25(13-15-31(35(33)43)47-37(49)27-11-5-21(17-29(27)39(47)51)19-1-7-23(45)8-2-19)26-14-16-32(36(44)34(26)42)48-38(50)28-12-6-22(18-30(28)40(48)52)20-3-9-24(46)10-4-20/h1-18H,45-46H2. The highest BCUT2D eigenvalue weighted by atomic mass is 127. The summed E-state index contributed by atoms with van der Waals surface area (Å²) >= 11 is 8.85.